The summed E-state index contributed by atoms with van der Waals surface area (Å²) in [6.45, 7) is 4.37. The van der Waals surface area contributed by atoms with Crippen molar-refractivity contribution in [1.82, 2.24) is 9.88 Å². The Balaban J connectivity index is 1.90. The standard InChI is InChI=1S/C12H19N3OS/c1-9-14-11(8-17-9)12(16)15-6-3-10(2-5-13)4-7-15/h8,10H,2-7,13H2,1H3. The smallest absolute Gasteiger partial charge is 0.273 e. The highest BCUT2D eigenvalue weighted by atomic mass is 32.1. The average molecular weight is 253 g/mol. The van der Waals surface area contributed by atoms with Crippen LogP contribution in [-0.2, 0) is 0 Å². The second-order valence-electron chi connectivity index (χ2n) is 4.56. The third-order valence-electron chi connectivity index (χ3n) is 3.31. The number of nitrogens with two attached hydrogens (primary N) is 1. The van der Waals surface area contributed by atoms with Crippen LogP contribution in [0.1, 0.15) is 34.8 Å². The third-order valence-corrected chi connectivity index (χ3v) is 4.09. The molecule has 0 spiro atoms. The van der Waals surface area contributed by atoms with Crippen molar-refractivity contribution in [2.24, 2.45) is 11.7 Å². The van der Waals surface area contributed by atoms with Gasteiger partial charge in [0.05, 0.1) is 5.01 Å². The molecule has 0 aliphatic carbocycles. The molecule has 1 aromatic rings. The molecule has 1 aliphatic heterocycles. The molecule has 0 radical (unpaired) electrons. The van der Waals surface area contributed by atoms with Gasteiger partial charge in [-0.05, 0) is 38.6 Å². The van der Waals surface area contributed by atoms with E-state index in [4.69, 9.17) is 5.73 Å². The predicted octanol–water partition coefficient (Wildman–Crippen LogP) is 1.65. The highest BCUT2D eigenvalue weighted by Crippen LogP contribution is 2.21. The summed E-state index contributed by atoms with van der Waals surface area (Å²) in [5.41, 5.74) is 6.16. The van der Waals surface area contributed by atoms with E-state index in [0.717, 1.165) is 43.9 Å². The van der Waals surface area contributed by atoms with Crippen LogP contribution in [0.2, 0.25) is 0 Å². The second kappa shape index (κ2) is 5.60. The average Bonchev–Trinajstić information content (AvgIpc) is 2.76. The summed E-state index contributed by atoms with van der Waals surface area (Å²) in [6.07, 6.45) is 3.23. The minimum atomic E-state index is 0.0838. The van der Waals surface area contributed by atoms with Crippen LogP contribution in [0.5, 0.6) is 0 Å². The molecule has 0 saturated carbocycles. The van der Waals surface area contributed by atoms with Gasteiger partial charge in [0, 0.05) is 18.5 Å². The van der Waals surface area contributed by atoms with E-state index in [9.17, 15) is 4.79 Å². The van der Waals surface area contributed by atoms with Crippen molar-refractivity contribution in [3.63, 3.8) is 0 Å². The summed E-state index contributed by atoms with van der Waals surface area (Å²) < 4.78 is 0. The molecule has 1 saturated heterocycles. The lowest BCUT2D eigenvalue weighted by molar-refractivity contribution is 0.0682. The molecule has 2 rings (SSSR count). The maximum Gasteiger partial charge on any atom is 0.273 e. The van der Waals surface area contributed by atoms with Gasteiger partial charge >= 0.3 is 0 Å². The van der Waals surface area contributed by atoms with E-state index in [1.54, 1.807) is 0 Å². The monoisotopic (exact) mass is 253 g/mol. The second-order valence-corrected chi connectivity index (χ2v) is 5.63. The minimum absolute atomic E-state index is 0.0838. The van der Waals surface area contributed by atoms with Crippen LogP contribution < -0.4 is 5.73 Å². The predicted molar refractivity (Wildman–Crippen MR) is 69.1 cm³/mol. The number of likely N-dealkylation sites (tertiary alicyclic amines) is 1. The van der Waals surface area contributed by atoms with Gasteiger partial charge in [0.15, 0.2) is 0 Å². The number of thiazole rings is 1. The SMILES string of the molecule is Cc1nc(C(=O)N2CCC(CCN)CC2)cs1. The van der Waals surface area contributed by atoms with Gasteiger partial charge in [-0.3, -0.25) is 4.79 Å². The summed E-state index contributed by atoms with van der Waals surface area (Å²) in [5, 5.41) is 2.80. The molecule has 0 atom stereocenters. The van der Waals surface area contributed by atoms with E-state index in [1.165, 1.54) is 11.3 Å². The van der Waals surface area contributed by atoms with Crippen molar-refractivity contribution in [2.75, 3.05) is 19.6 Å². The Hall–Kier alpha value is -0.940. The normalized spacial score (nSPS) is 17.4. The Morgan fingerprint density at radius 1 is 1.59 bits per heavy atom. The largest absolute Gasteiger partial charge is 0.337 e. The van der Waals surface area contributed by atoms with Gasteiger partial charge in [-0.1, -0.05) is 0 Å². The van der Waals surface area contributed by atoms with Gasteiger partial charge < -0.3 is 10.6 Å². The first-order valence-corrected chi connectivity index (χ1v) is 7.00. The molecule has 2 N–H and O–H groups in total. The molecule has 4 nitrogen and oxygen atoms in total. The van der Waals surface area contributed by atoms with Gasteiger partial charge in [-0.25, -0.2) is 4.98 Å². The molecule has 2 heterocycles. The van der Waals surface area contributed by atoms with Crippen molar-refractivity contribution >= 4 is 17.2 Å². The minimum Gasteiger partial charge on any atom is -0.337 e. The fourth-order valence-electron chi connectivity index (χ4n) is 2.28. The molecule has 1 fully saturated rings. The summed E-state index contributed by atoms with van der Waals surface area (Å²) in [4.78, 5) is 18.3. The van der Waals surface area contributed by atoms with Crippen LogP contribution in [0.3, 0.4) is 0 Å². The number of amides is 1. The molecular formula is C12H19N3OS. The Morgan fingerprint density at radius 3 is 2.82 bits per heavy atom. The van der Waals surface area contributed by atoms with Gasteiger partial charge in [0.1, 0.15) is 5.69 Å². The fraction of sp³-hybridized carbons (Fsp3) is 0.667. The number of hydrogen-bond donors (Lipinski definition) is 1. The van der Waals surface area contributed by atoms with E-state index in [2.05, 4.69) is 4.98 Å². The maximum absolute atomic E-state index is 12.1. The summed E-state index contributed by atoms with van der Waals surface area (Å²) in [5.74, 6) is 0.779. The lowest BCUT2D eigenvalue weighted by Gasteiger charge is -2.31. The van der Waals surface area contributed by atoms with Crippen LogP contribution >= 0.6 is 11.3 Å². The first-order chi connectivity index (χ1) is 8.20. The van der Waals surface area contributed by atoms with Crippen LogP contribution in [-0.4, -0.2) is 35.4 Å². The summed E-state index contributed by atoms with van der Waals surface area (Å²) in [6, 6.07) is 0. The van der Waals surface area contributed by atoms with Gasteiger partial charge in [0.2, 0.25) is 0 Å². The zero-order chi connectivity index (χ0) is 12.3. The van der Waals surface area contributed by atoms with Gasteiger partial charge in [-0.2, -0.15) is 0 Å². The van der Waals surface area contributed by atoms with Crippen LogP contribution in [0.4, 0.5) is 0 Å². The molecule has 1 aromatic heterocycles. The van der Waals surface area contributed by atoms with Crippen LogP contribution in [0.25, 0.3) is 0 Å². The summed E-state index contributed by atoms with van der Waals surface area (Å²) in [7, 11) is 0. The molecule has 0 bridgehead atoms. The number of aromatic nitrogens is 1. The molecular weight excluding hydrogens is 234 g/mol. The number of carbonyl (C=O) groups excluding carboxylic acids is 1. The number of carbonyl (C=O) groups is 1. The Labute approximate surface area is 106 Å². The summed E-state index contributed by atoms with van der Waals surface area (Å²) >= 11 is 1.53. The first-order valence-electron chi connectivity index (χ1n) is 6.12. The number of hydrogen-bond acceptors (Lipinski definition) is 4. The zero-order valence-corrected chi connectivity index (χ0v) is 11.0. The van der Waals surface area contributed by atoms with Crippen molar-refractivity contribution in [2.45, 2.75) is 26.2 Å². The number of piperidine rings is 1. The fourth-order valence-corrected chi connectivity index (χ4v) is 2.87. The highest BCUT2D eigenvalue weighted by Gasteiger charge is 2.24. The van der Waals surface area contributed by atoms with Crippen molar-refractivity contribution < 1.29 is 4.79 Å². The highest BCUT2D eigenvalue weighted by molar-refractivity contribution is 7.09. The van der Waals surface area contributed by atoms with E-state index < -0.39 is 0 Å². The molecule has 0 unspecified atom stereocenters. The molecule has 1 aliphatic rings. The van der Waals surface area contributed by atoms with Gasteiger partial charge in [-0.15, -0.1) is 11.3 Å². The topological polar surface area (TPSA) is 59.2 Å². The third kappa shape index (κ3) is 3.04. The maximum atomic E-state index is 12.1. The Bertz CT molecular complexity index is 383. The van der Waals surface area contributed by atoms with Crippen molar-refractivity contribution in [3.8, 4) is 0 Å². The molecule has 1 amide bonds. The van der Waals surface area contributed by atoms with Crippen LogP contribution in [0.15, 0.2) is 5.38 Å². The number of rotatable bonds is 3. The molecule has 0 aromatic carbocycles. The number of nitrogens with zero attached hydrogens (tertiary/aromatic N) is 2. The Morgan fingerprint density at radius 2 is 2.29 bits per heavy atom. The zero-order valence-electron chi connectivity index (χ0n) is 10.2. The lowest BCUT2D eigenvalue weighted by atomic mass is 9.93. The Kier molecular flexibility index (Phi) is 4.12. The first kappa shape index (κ1) is 12.5. The quantitative estimate of drug-likeness (QED) is 0.891. The van der Waals surface area contributed by atoms with E-state index >= 15 is 0 Å². The van der Waals surface area contributed by atoms with E-state index in [-0.39, 0.29) is 5.91 Å². The molecule has 5 heteroatoms. The number of aryl methyl sites for hydroxylation is 1. The van der Waals surface area contributed by atoms with E-state index in [0.29, 0.717) is 11.6 Å². The molecule has 94 valence electrons. The van der Waals surface area contributed by atoms with Crippen molar-refractivity contribution in [3.05, 3.63) is 16.1 Å². The van der Waals surface area contributed by atoms with Gasteiger partial charge in [0.25, 0.3) is 5.91 Å². The lowest BCUT2D eigenvalue weighted by Crippen LogP contribution is -2.39. The van der Waals surface area contributed by atoms with Crippen LogP contribution in [0, 0.1) is 12.8 Å². The molecule has 17 heavy (non-hydrogen) atoms. The van der Waals surface area contributed by atoms with E-state index in [1.807, 2.05) is 17.2 Å². The van der Waals surface area contributed by atoms with Crippen molar-refractivity contribution in [1.29, 1.82) is 0 Å².